The molecule has 0 bridgehead atoms. The van der Waals surface area contributed by atoms with Crippen LogP contribution < -0.4 is 5.48 Å². The summed E-state index contributed by atoms with van der Waals surface area (Å²) >= 11 is 12.3. The maximum absolute atomic E-state index is 11.1. The summed E-state index contributed by atoms with van der Waals surface area (Å²) in [4.78, 5) is 13.6. The number of amides is 1. The molecule has 2 aromatic carbocycles. The molecule has 27 heavy (non-hydrogen) atoms. The van der Waals surface area contributed by atoms with Crippen molar-refractivity contribution in [1.29, 1.82) is 0 Å². The molecular weight excluding hydrogens is 383 g/mol. The van der Waals surface area contributed by atoms with Crippen LogP contribution in [-0.2, 0) is 11.2 Å². The van der Waals surface area contributed by atoms with Gasteiger partial charge < -0.3 is 0 Å². The normalized spacial score (nSPS) is 17.5. The van der Waals surface area contributed by atoms with E-state index in [2.05, 4.69) is 17.0 Å². The van der Waals surface area contributed by atoms with Crippen molar-refractivity contribution in [1.82, 2.24) is 10.4 Å². The number of carbonyl (C=O) groups is 1. The van der Waals surface area contributed by atoms with Crippen LogP contribution in [0.5, 0.6) is 0 Å². The molecule has 2 N–H and O–H groups in total. The standard InChI is InChI=1S/C21H22Cl2N2O2/c22-18-9-8-16(19(23)14-18)11-13-25-12-1-2-20(25)17-6-3-15(4-7-17)5-10-21(26)24-27/h3-10,14,20,27H,1-2,11-13H2,(H,24,26). The van der Waals surface area contributed by atoms with E-state index in [1.54, 1.807) is 17.6 Å². The van der Waals surface area contributed by atoms with Crippen LogP contribution in [0, 0.1) is 0 Å². The lowest BCUT2D eigenvalue weighted by Gasteiger charge is -2.25. The Bertz CT molecular complexity index is 821. The van der Waals surface area contributed by atoms with Crippen molar-refractivity contribution in [3.63, 3.8) is 0 Å². The number of benzene rings is 2. The van der Waals surface area contributed by atoms with Crippen LogP contribution in [0.15, 0.2) is 48.5 Å². The van der Waals surface area contributed by atoms with E-state index in [4.69, 9.17) is 28.4 Å². The largest absolute Gasteiger partial charge is 0.296 e. The maximum atomic E-state index is 11.1. The quantitative estimate of drug-likeness (QED) is 0.409. The Hall–Kier alpha value is -1.85. The first-order valence-corrected chi connectivity index (χ1v) is 9.72. The minimum Gasteiger partial charge on any atom is -0.296 e. The lowest BCUT2D eigenvalue weighted by Crippen LogP contribution is -2.25. The number of nitrogens with one attached hydrogen (secondary N) is 1. The first-order valence-electron chi connectivity index (χ1n) is 8.97. The SMILES string of the molecule is O=C(C=Cc1ccc(C2CCCN2CCc2ccc(Cl)cc2Cl)cc1)NO. The Morgan fingerprint density at radius 2 is 2.00 bits per heavy atom. The van der Waals surface area contributed by atoms with E-state index in [-0.39, 0.29) is 0 Å². The number of halogens is 2. The van der Waals surface area contributed by atoms with Crippen LogP contribution in [-0.4, -0.2) is 29.1 Å². The van der Waals surface area contributed by atoms with Gasteiger partial charge in [-0.25, -0.2) is 5.48 Å². The third-order valence-corrected chi connectivity index (χ3v) is 5.49. The number of likely N-dealkylation sites (tertiary alicyclic amines) is 1. The van der Waals surface area contributed by atoms with Gasteiger partial charge in [-0.05, 0) is 60.7 Å². The molecule has 1 fully saturated rings. The molecule has 3 rings (SSSR count). The highest BCUT2D eigenvalue weighted by atomic mass is 35.5. The topological polar surface area (TPSA) is 52.6 Å². The molecule has 1 amide bonds. The molecule has 2 aromatic rings. The van der Waals surface area contributed by atoms with Gasteiger partial charge in [0.15, 0.2) is 0 Å². The van der Waals surface area contributed by atoms with Gasteiger partial charge in [0.1, 0.15) is 0 Å². The van der Waals surface area contributed by atoms with Gasteiger partial charge in [0.25, 0.3) is 5.91 Å². The minimum atomic E-state index is -0.540. The summed E-state index contributed by atoms with van der Waals surface area (Å²) in [6.07, 6.45) is 6.18. The van der Waals surface area contributed by atoms with Gasteiger partial charge in [-0.2, -0.15) is 0 Å². The first-order chi connectivity index (χ1) is 13.1. The van der Waals surface area contributed by atoms with Crippen LogP contribution in [0.4, 0.5) is 0 Å². The lowest BCUT2D eigenvalue weighted by atomic mass is 10.0. The molecule has 4 nitrogen and oxygen atoms in total. The van der Waals surface area contributed by atoms with Crippen LogP contribution in [0.3, 0.4) is 0 Å². The third kappa shape index (κ3) is 5.33. The third-order valence-electron chi connectivity index (χ3n) is 4.91. The van der Waals surface area contributed by atoms with Gasteiger partial charge >= 0.3 is 0 Å². The van der Waals surface area contributed by atoms with E-state index >= 15 is 0 Å². The molecule has 0 saturated carbocycles. The second kappa shape index (κ2) is 9.38. The Labute approximate surface area is 169 Å². The molecule has 0 radical (unpaired) electrons. The molecule has 1 aliphatic heterocycles. The van der Waals surface area contributed by atoms with Crippen molar-refractivity contribution >= 4 is 35.2 Å². The van der Waals surface area contributed by atoms with Gasteiger partial charge in [0, 0.05) is 28.7 Å². The molecule has 1 aliphatic rings. The average molecular weight is 405 g/mol. The Morgan fingerprint density at radius 1 is 1.22 bits per heavy atom. The monoisotopic (exact) mass is 404 g/mol. The van der Waals surface area contributed by atoms with Crippen molar-refractivity contribution in [3.05, 3.63) is 75.3 Å². The molecule has 1 atom stereocenters. The zero-order chi connectivity index (χ0) is 19.2. The van der Waals surface area contributed by atoms with E-state index in [1.165, 1.54) is 18.1 Å². The van der Waals surface area contributed by atoms with Crippen LogP contribution in [0.25, 0.3) is 6.08 Å². The smallest absolute Gasteiger partial charge is 0.267 e. The molecule has 1 unspecified atom stereocenters. The molecule has 1 heterocycles. The fraction of sp³-hybridized carbons (Fsp3) is 0.286. The molecule has 1 saturated heterocycles. The zero-order valence-corrected chi connectivity index (χ0v) is 16.4. The molecule has 0 aliphatic carbocycles. The van der Waals surface area contributed by atoms with Crippen LogP contribution >= 0.6 is 23.2 Å². The van der Waals surface area contributed by atoms with E-state index in [0.717, 1.165) is 42.1 Å². The molecule has 142 valence electrons. The summed E-state index contributed by atoms with van der Waals surface area (Å²) in [5, 5.41) is 9.91. The summed E-state index contributed by atoms with van der Waals surface area (Å²) in [5.41, 5.74) is 4.90. The number of carbonyl (C=O) groups excluding carboxylic acids is 1. The molecule has 0 spiro atoms. The highest BCUT2D eigenvalue weighted by Crippen LogP contribution is 2.32. The minimum absolute atomic E-state index is 0.398. The number of nitrogens with zero attached hydrogens (tertiary/aromatic N) is 1. The van der Waals surface area contributed by atoms with E-state index in [0.29, 0.717) is 11.1 Å². The van der Waals surface area contributed by atoms with Crippen LogP contribution in [0.2, 0.25) is 10.0 Å². The van der Waals surface area contributed by atoms with Crippen molar-refractivity contribution in [3.8, 4) is 0 Å². The van der Waals surface area contributed by atoms with Gasteiger partial charge in [-0.3, -0.25) is 14.9 Å². The van der Waals surface area contributed by atoms with Gasteiger partial charge in [0.05, 0.1) is 0 Å². The number of hydroxylamine groups is 1. The summed E-state index contributed by atoms with van der Waals surface area (Å²) in [6, 6.07) is 14.3. The highest BCUT2D eigenvalue weighted by Gasteiger charge is 2.25. The summed E-state index contributed by atoms with van der Waals surface area (Å²) in [5.74, 6) is -0.540. The second-order valence-corrected chi connectivity index (χ2v) is 7.50. The van der Waals surface area contributed by atoms with E-state index < -0.39 is 5.91 Å². The molecular formula is C21H22Cl2N2O2. The predicted molar refractivity (Wildman–Crippen MR) is 109 cm³/mol. The van der Waals surface area contributed by atoms with E-state index in [9.17, 15) is 4.79 Å². The second-order valence-electron chi connectivity index (χ2n) is 6.66. The zero-order valence-electron chi connectivity index (χ0n) is 14.9. The number of rotatable bonds is 6. The van der Waals surface area contributed by atoms with Gasteiger partial charge in [-0.15, -0.1) is 0 Å². The predicted octanol–water partition coefficient (Wildman–Crippen LogP) is 4.89. The lowest BCUT2D eigenvalue weighted by molar-refractivity contribution is -0.124. The number of hydrogen-bond donors (Lipinski definition) is 2. The summed E-state index contributed by atoms with van der Waals surface area (Å²) < 4.78 is 0. The van der Waals surface area contributed by atoms with Crippen molar-refractivity contribution < 1.29 is 10.0 Å². The molecule has 0 aromatic heterocycles. The summed E-state index contributed by atoms with van der Waals surface area (Å²) in [7, 11) is 0. The first kappa shape index (κ1) is 19.9. The Balaban J connectivity index is 1.63. The van der Waals surface area contributed by atoms with Crippen molar-refractivity contribution in [2.45, 2.75) is 25.3 Å². The maximum Gasteiger partial charge on any atom is 0.267 e. The average Bonchev–Trinajstić information content (AvgIpc) is 3.14. The van der Waals surface area contributed by atoms with Crippen molar-refractivity contribution in [2.75, 3.05) is 13.1 Å². The Morgan fingerprint density at radius 3 is 2.70 bits per heavy atom. The van der Waals surface area contributed by atoms with Crippen molar-refractivity contribution in [2.24, 2.45) is 0 Å². The fourth-order valence-electron chi connectivity index (χ4n) is 3.50. The van der Waals surface area contributed by atoms with Gasteiger partial charge in [0.2, 0.25) is 0 Å². The summed E-state index contributed by atoms with van der Waals surface area (Å²) in [6.45, 7) is 2.03. The van der Waals surface area contributed by atoms with Crippen LogP contribution in [0.1, 0.15) is 35.6 Å². The highest BCUT2D eigenvalue weighted by molar-refractivity contribution is 6.35. The van der Waals surface area contributed by atoms with Gasteiger partial charge in [-0.1, -0.05) is 53.5 Å². The Kier molecular flexibility index (Phi) is 6.91. The van der Waals surface area contributed by atoms with E-state index in [1.807, 2.05) is 24.3 Å². The number of hydrogen-bond acceptors (Lipinski definition) is 3. The fourth-order valence-corrected chi connectivity index (χ4v) is 4.00. The molecule has 6 heteroatoms.